The van der Waals surface area contributed by atoms with E-state index in [1.165, 1.54) is 19.1 Å². The second-order valence-electron chi connectivity index (χ2n) is 14.8. The second-order valence-corrected chi connectivity index (χ2v) is 14.8. The molecule has 49 heavy (non-hydrogen) atoms. The molecule has 3 aromatic carbocycles. The standard InChI is InChI=1S/C41H51N3O5/c1-28-35-25-30(41(35,2)3)26-36(28)44(39(46)18-15-29-11-7-5-8-12-29)24-21-38(45)42-31-19-22-43(23-20-31)32-16-17-34(40(47)48-4)37(27-32)49-33-13-9-6-10-14-33/h5-14,16-17,27-28,30-31,35-36H,15,18-26H2,1-4H3,(H,42,45)/t28-,30+,35-,36-/m0/s1. The summed E-state index contributed by atoms with van der Waals surface area (Å²) in [6.45, 7) is 9.06. The monoisotopic (exact) mass is 665 g/mol. The van der Waals surface area contributed by atoms with Crippen LogP contribution in [0.2, 0.25) is 0 Å². The number of ether oxygens (including phenoxy) is 2. The van der Waals surface area contributed by atoms with E-state index in [0.29, 0.717) is 66.0 Å². The van der Waals surface area contributed by atoms with Crippen molar-refractivity contribution in [3.8, 4) is 11.5 Å². The van der Waals surface area contributed by atoms with Gasteiger partial charge >= 0.3 is 5.97 Å². The number of amides is 2. The van der Waals surface area contributed by atoms with Crippen LogP contribution in [0.4, 0.5) is 5.69 Å². The predicted molar refractivity (Wildman–Crippen MR) is 192 cm³/mol. The molecule has 4 fully saturated rings. The number of rotatable bonds is 12. The number of para-hydroxylation sites is 1. The van der Waals surface area contributed by atoms with Crippen LogP contribution in [0.1, 0.15) is 75.2 Å². The summed E-state index contributed by atoms with van der Waals surface area (Å²) in [5.41, 5.74) is 2.82. The number of carbonyl (C=O) groups excluding carboxylic acids is 3. The minimum absolute atomic E-state index is 0.00856. The smallest absolute Gasteiger partial charge is 0.341 e. The molecule has 0 aromatic heterocycles. The number of esters is 1. The number of hydrogen-bond donors (Lipinski definition) is 1. The molecule has 1 aliphatic heterocycles. The zero-order valence-electron chi connectivity index (χ0n) is 29.4. The van der Waals surface area contributed by atoms with E-state index in [4.69, 9.17) is 9.47 Å². The first-order valence-electron chi connectivity index (χ1n) is 18.0. The minimum atomic E-state index is -0.450. The number of nitrogens with zero attached hydrogens (tertiary/aromatic N) is 2. The molecule has 3 aliphatic carbocycles. The minimum Gasteiger partial charge on any atom is -0.465 e. The highest BCUT2D eigenvalue weighted by molar-refractivity contribution is 5.93. The Morgan fingerprint density at radius 1 is 0.918 bits per heavy atom. The Hall–Kier alpha value is -4.33. The van der Waals surface area contributed by atoms with Crippen molar-refractivity contribution in [3.05, 3.63) is 90.0 Å². The first-order valence-corrected chi connectivity index (χ1v) is 18.0. The van der Waals surface area contributed by atoms with Crippen LogP contribution in [0.5, 0.6) is 11.5 Å². The number of benzene rings is 3. The lowest BCUT2D eigenvalue weighted by molar-refractivity contribution is -0.158. The fourth-order valence-corrected chi connectivity index (χ4v) is 8.54. The number of nitrogens with one attached hydrogen (secondary N) is 1. The van der Waals surface area contributed by atoms with E-state index in [-0.39, 0.29) is 23.9 Å². The normalized spacial score (nSPS) is 22.8. The average Bonchev–Trinajstić information content (AvgIpc) is 3.12. The third kappa shape index (κ3) is 7.79. The maximum Gasteiger partial charge on any atom is 0.341 e. The molecule has 0 spiro atoms. The summed E-state index contributed by atoms with van der Waals surface area (Å²) in [5.74, 6) is 2.49. The lowest BCUT2D eigenvalue weighted by Crippen LogP contribution is -2.61. The Balaban J connectivity index is 1.04. The Kier molecular flexibility index (Phi) is 10.6. The summed E-state index contributed by atoms with van der Waals surface area (Å²) in [7, 11) is 1.36. The van der Waals surface area contributed by atoms with Gasteiger partial charge in [0.1, 0.15) is 17.1 Å². The molecule has 0 unspecified atom stereocenters. The van der Waals surface area contributed by atoms with Crippen LogP contribution in [0.3, 0.4) is 0 Å². The van der Waals surface area contributed by atoms with E-state index in [1.54, 1.807) is 6.07 Å². The Labute approximate surface area is 291 Å². The van der Waals surface area contributed by atoms with E-state index in [0.717, 1.165) is 38.0 Å². The molecule has 4 aliphatic rings. The quantitative estimate of drug-likeness (QED) is 0.205. The van der Waals surface area contributed by atoms with E-state index < -0.39 is 5.97 Å². The summed E-state index contributed by atoms with van der Waals surface area (Å²) in [4.78, 5) is 43.9. The van der Waals surface area contributed by atoms with Gasteiger partial charge in [-0.2, -0.15) is 0 Å². The first-order chi connectivity index (χ1) is 23.6. The van der Waals surface area contributed by atoms with Crippen LogP contribution >= 0.6 is 0 Å². The fourth-order valence-electron chi connectivity index (χ4n) is 8.54. The number of methoxy groups -OCH3 is 1. The predicted octanol–water partition coefficient (Wildman–Crippen LogP) is 7.27. The van der Waals surface area contributed by atoms with Crippen molar-refractivity contribution >= 4 is 23.5 Å². The van der Waals surface area contributed by atoms with E-state index in [1.807, 2.05) is 60.7 Å². The molecular weight excluding hydrogens is 614 g/mol. The van der Waals surface area contributed by atoms with Gasteiger partial charge in [-0.3, -0.25) is 9.59 Å². The van der Waals surface area contributed by atoms with Crippen LogP contribution in [-0.2, 0) is 20.7 Å². The van der Waals surface area contributed by atoms with Crippen molar-refractivity contribution in [2.75, 3.05) is 31.6 Å². The lowest BCUT2D eigenvalue weighted by Gasteiger charge is -2.63. The van der Waals surface area contributed by atoms with Crippen molar-refractivity contribution in [1.29, 1.82) is 0 Å². The van der Waals surface area contributed by atoms with Gasteiger partial charge in [0.05, 0.1) is 7.11 Å². The van der Waals surface area contributed by atoms with Crippen molar-refractivity contribution in [2.45, 2.75) is 77.8 Å². The van der Waals surface area contributed by atoms with Gasteiger partial charge < -0.3 is 24.6 Å². The molecule has 8 nitrogen and oxygen atoms in total. The summed E-state index contributed by atoms with van der Waals surface area (Å²) < 4.78 is 11.1. The highest BCUT2D eigenvalue weighted by atomic mass is 16.5. The summed E-state index contributed by atoms with van der Waals surface area (Å²) in [6.07, 6.45) is 5.38. The number of fused-ring (bicyclic) bond motifs is 2. The van der Waals surface area contributed by atoms with Crippen molar-refractivity contribution in [3.63, 3.8) is 0 Å². The molecule has 0 radical (unpaired) electrons. The summed E-state index contributed by atoms with van der Waals surface area (Å²) in [5, 5.41) is 3.27. The fraction of sp³-hybridized carbons (Fsp3) is 0.488. The van der Waals surface area contributed by atoms with E-state index in [9.17, 15) is 14.4 Å². The van der Waals surface area contributed by atoms with E-state index >= 15 is 0 Å². The Morgan fingerprint density at radius 2 is 1.61 bits per heavy atom. The molecule has 4 atom stereocenters. The van der Waals surface area contributed by atoms with E-state index in [2.05, 4.69) is 48.0 Å². The summed E-state index contributed by atoms with van der Waals surface area (Å²) >= 11 is 0. The third-order valence-corrected chi connectivity index (χ3v) is 11.7. The third-order valence-electron chi connectivity index (χ3n) is 11.7. The SMILES string of the molecule is COC(=O)c1ccc(N2CCC(NC(=O)CCN(C(=O)CCc3ccccc3)[C@H]3C[C@H]4C[C@@H]([C@@H]3C)C4(C)C)CC2)cc1Oc1ccccc1. The Morgan fingerprint density at radius 3 is 2.27 bits per heavy atom. The molecule has 8 heteroatoms. The molecule has 3 saturated carbocycles. The molecule has 3 aromatic rings. The van der Waals surface area contributed by atoms with Gasteiger partial charge in [0.15, 0.2) is 0 Å². The van der Waals surface area contributed by atoms with Gasteiger partial charge in [-0.25, -0.2) is 4.79 Å². The van der Waals surface area contributed by atoms with Crippen molar-refractivity contribution < 1.29 is 23.9 Å². The highest BCUT2D eigenvalue weighted by Gasteiger charge is 2.57. The van der Waals surface area contributed by atoms with Gasteiger partial charge in [0.2, 0.25) is 11.8 Å². The molecule has 7 rings (SSSR count). The molecule has 2 amide bonds. The number of hydrogen-bond acceptors (Lipinski definition) is 6. The van der Waals surface area contributed by atoms with Crippen LogP contribution in [0.15, 0.2) is 78.9 Å². The van der Waals surface area contributed by atoms with Crippen molar-refractivity contribution in [1.82, 2.24) is 10.2 Å². The second kappa shape index (κ2) is 15.1. The van der Waals surface area contributed by atoms with Crippen LogP contribution in [0, 0.1) is 23.2 Å². The molecule has 2 bridgehead atoms. The van der Waals surface area contributed by atoms with Crippen LogP contribution in [-0.4, -0.2) is 61.5 Å². The Bertz CT molecular complexity index is 1600. The van der Waals surface area contributed by atoms with Gasteiger partial charge in [0, 0.05) is 56.3 Å². The van der Waals surface area contributed by atoms with Crippen LogP contribution in [0.25, 0.3) is 0 Å². The topological polar surface area (TPSA) is 88.2 Å². The number of aryl methyl sites for hydroxylation is 1. The number of piperidine rings is 1. The lowest BCUT2D eigenvalue weighted by atomic mass is 9.44. The molecule has 1 N–H and O–H groups in total. The molecule has 1 heterocycles. The van der Waals surface area contributed by atoms with Crippen LogP contribution < -0.4 is 15.0 Å². The number of carbonyl (C=O) groups is 3. The maximum absolute atomic E-state index is 13.8. The maximum atomic E-state index is 13.8. The average molecular weight is 666 g/mol. The largest absolute Gasteiger partial charge is 0.465 e. The highest BCUT2D eigenvalue weighted by Crippen LogP contribution is 2.62. The zero-order chi connectivity index (χ0) is 34.5. The number of anilines is 1. The van der Waals surface area contributed by atoms with Gasteiger partial charge in [0.25, 0.3) is 0 Å². The van der Waals surface area contributed by atoms with Gasteiger partial charge in [-0.15, -0.1) is 0 Å². The molecule has 260 valence electrons. The molecular formula is C41H51N3O5. The first kappa shape index (κ1) is 34.5. The summed E-state index contributed by atoms with van der Waals surface area (Å²) in [6, 6.07) is 25.4. The zero-order valence-corrected chi connectivity index (χ0v) is 29.4. The van der Waals surface area contributed by atoms with Gasteiger partial charge in [-0.1, -0.05) is 69.3 Å². The van der Waals surface area contributed by atoms with Crippen molar-refractivity contribution in [2.24, 2.45) is 23.2 Å². The molecule has 1 saturated heterocycles. The van der Waals surface area contributed by atoms with Gasteiger partial charge in [-0.05, 0) is 85.1 Å².